The number of hydrogen-bond acceptors (Lipinski definition) is 1. The Morgan fingerprint density at radius 3 is 1.90 bits per heavy atom. The minimum Gasteiger partial charge on any atom is -0.162 e. The molecule has 1 saturated heterocycles. The van der Waals surface area contributed by atoms with E-state index in [0.29, 0.717) is 5.41 Å². The monoisotopic (exact) mass is 294 g/mol. The van der Waals surface area contributed by atoms with Crippen LogP contribution in [0.25, 0.3) is 0 Å². The van der Waals surface area contributed by atoms with Crippen LogP contribution in [0.3, 0.4) is 0 Å². The standard InChI is InChI=1S/C15H26.C4H8S/c1-13(14-9-5-3-6-10-14)15(2)11-7-4-8-12-15;1-2-4-5-3-1/h14H,1,3-12H2,2H3;1-4H2. The molecule has 3 fully saturated rings. The quantitative estimate of drug-likeness (QED) is 0.516. The van der Waals surface area contributed by atoms with Crippen molar-refractivity contribution in [1.82, 2.24) is 0 Å². The van der Waals surface area contributed by atoms with Crippen LogP contribution in [0, 0.1) is 11.3 Å². The van der Waals surface area contributed by atoms with E-state index in [2.05, 4.69) is 25.3 Å². The van der Waals surface area contributed by atoms with Crippen molar-refractivity contribution >= 4 is 11.8 Å². The van der Waals surface area contributed by atoms with Gasteiger partial charge in [0.15, 0.2) is 0 Å². The topological polar surface area (TPSA) is 0 Å². The Hall–Kier alpha value is 0.0900. The molecule has 0 unspecified atom stereocenters. The predicted molar refractivity (Wildman–Crippen MR) is 93.5 cm³/mol. The molecule has 0 amide bonds. The van der Waals surface area contributed by atoms with Gasteiger partial charge >= 0.3 is 0 Å². The van der Waals surface area contributed by atoms with E-state index in [-0.39, 0.29) is 0 Å². The average molecular weight is 295 g/mol. The van der Waals surface area contributed by atoms with Crippen LogP contribution < -0.4 is 0 Å². The van der Waals surface area contributed by atoms with Crippen molar-refractivity contribution < 1.29 is 0 Å². The van der Waals surface area contributed by atoms with Gasteiger partial charge in [0.05, 0.1) is 0 Å². The van der Waals surface area contributed by atoms with Crippen molar-refractivity contribution in [2.24, 2.45) is 11.3 Å². The third kappa shape index (κ3) is 4.83. The molecule has 0 aromatic heterocycles. The summed E-state index contributed by atoms with van der Waals surface area (Å²) < 4.78 is 0. The summed E-state index contributed by atoms with van der Waals surface area (Å²) in [4.78, 5) is 0. The maximum Gasteiger partial charge on any atom is -0.00672 e. The van der Waals surface area contributed by atoms with Crippen LogP contribution in [0.4, 0.5) is 0 Å². The Labute approximate surface area is 131 Å². The minimum atomic E-state index is 0.500. The Kier molecular flexibility index (Phi) is 7.01. The van der Waals surface area contributed by atoms with Crippen molar-refractivity contribution in [1.29, 1.82) is 0 Å². The molecule has 0 N–H and O–H groups in total. The average Bonchev–Trinajstić information content (AvgIpc) is 3.08. The number of thioether (sulfide) groups is 1. The lowest BCUT2D eigenvalue weighted by Crippen LogP contribution is -2.27. The molecule has 0 nitrogen and oxygen atoms in total. The molecule has 1 aliphatic heterocycles. The van der Waals surface area contributed by atoms with E-state index in [0.717, 1.165) is 5.92 Å². The van der Waals surface area contributed by atoms with Crippen LogP contribution in [0.15, 0.2) is 12.2 Å². The van der Waals surface area contributed by atoms with Crippen LogP contribution in [-0.2, 0) is 0 Å². The first-order chi connectivity index (χ1) is 9.72. The summed E-state index contributed by atoms with van der Waals surface area (Å²) in [5, 5.41) is 0. The van der Waals surface area contributed by atoms with Gasteiger partial charge in [0, 0.05) is 0 Å². The first-order valence-corrected chi connectivity index (χ1v) is 10.1. The van der Waals surface area contributed by atoms with Crippen LogP contribution in [0.2, 0.25) is 0 Å². The summed E-state index contributed by atoms with van der Waals surface area (Å²) in [6.45, 7) is 6.95. The highest BCUT2D eigenvalue weighted by Crippen LogP contribution is 2.47. The Bertz CT molecular complexity index is 271. The number of rotatable bonds is 2. The second kappa shape index (κ2) is 8.51. The summed E-state index contributed by atoms with van der Waals surface area (Å²) in [5.41, 5.74) is 2.11. The van der Waals surface area contributed by atoms with E-state index >= 15 is 0 Å². The molecular weight excluding hydrogens is 260 g/mol. The molecule has 0 aromatic rings. The molecule has 2 saturated carbocycles. The van der Waals surface area contributed by atoms with Gasteiger partial charge in [-0.15, -0.1) is 0 Å². The van der Waals surface area contributed by atoms with Crippen molar-refractivity contribution in [2.45, 2.75) is 84.0 Å². The zero-order chi connectivity index (χ0) is 14.3. The Balaban J connectivity index is 0.000000247. The van der Waals surface area contributed by atoms with E-state index in [1.807, 2.05) is 0 Å². The molecule has 0 radical (unpaired) electrons. The van der Waals surface area contributed by atoms with E-state index in [1.54, 1.807) is 5.57 Å². The molecule has 3 aliphatic rings. The van der Waals surface area contributed by atoms with Gasteiger partial charge in [0.1, 0.15) is 0 Å². The molecule has 0 bridgehead atoms. The largest absolute Gasteiger partial charge is 0.162 e. The van der Waals surface area contributed by atoms with E-state index in [4.69, 9.17) is 0 Å². The van der Waals surface area contributed by atoms with Crippen molar-refractivity contribution in [2.75, 3.05) is 11.5 Å². The van der Waals surface area contributed by atoms with Crippen LogP contribution in [-0.4, -0.2) is 11.5 Å². The molecule has 0 atom stereocenters. The van der Waals surface area contributed by atoms with E-state index in [9.17, 15) is 0 Å². The third-order valence-corrected chi connectivity index (χ3v) is 6.81. The molecule has 116 valence electrons. The SMILES string of the molecule is C1CCSC1.C=C(C1CCCCC1)C1(C)CCCCC1. The third-order valence-electron chi connectivity index (χ3n) is 5.66. The number of allylic oxidation sites excluding steroid dienone is 1. The van der Waals surface area contributed by atoms with E-state index < -0.39 is 0 Å². The normalized spacial score (nSPS) is 26.6. The van der Waals surface area contributed by atoms with Gasteiger partial charge in [-0.3, -0.25) is 0 Å². The van der Waals surface area contributed by atoms with Crippen LogP contribution in [0.5, 0.6) is 0 Å². The fourth-order valence-corrected chi connectivity index (χ4v) is 5.13. The van der Waals surface area contributed by atoms with Gasteiger partial charge in [0.2, 0.25) is 0 Å². The first kappa shape index (κ1) is 16.5. The summed E-state index contributed by atoms with van der Waals surface area (Å²) in [6, 6.07) is 0. The highest BCUT2D eigenvalue weighted by molar-refractivity contribution is 7.99. The highest BCUT2D eigenvalue weighted by atomic mass is 32.2. The van der Waals surface area contributed by atoms with Crippen molar-refractivity contribution in [3.05, 3.63) is 12.2 Å². The van der Waals surface area contributed by atoms with E-state index in [1.165, 1.54) is 88.6 Å². The summed E-state index contributed by atoms with van der Waals surface area (Å²) in [6.07, 6.45) is 17.3. The molecule has 20 heavy (non-hydrogen) atoms. The lowest BCUT2D eigenvalue weighted by molar-refractivity contribution is 0.228. The molecule has 1 heterocycles. The zero-order valence-electron chi connectivity index (χ0n) is 13.6. The molecule has 0 aromatic carbocycles. The maximum atomic E-state index is 4.47. The van der Waals surface area contributed by atoms with Crippen molar-refractivity contribution in [3.63, 3.8) is 0 Å². The van der Waals surface area contributed by atoms with Gasteiger partial charge in [-0.2, -0.15) is 11.8 Å². The number of hydrogen-bond donors (Lipinski definition) is 0. The lowest BCUT2D eigenvalue weighted by Gasteiger charge is -2.40. The fourth-order valence-electron chi connectivity index (χ4n) is 4.11. The second-order valence-electron chi connectivity index (χ2n) is 7.30. The summed E-state index contributed by atoms with van der Waals surface area (Å²) in [7, 11) is 0. The van der Waals surface area contributed by atoms with Gasteiger partial charge < -0.3 is 0 Å². The minimum absolute atomic E-state index is 0.500. The smallest absolute Gasteiger partial charge is 0.00672 e. The highest BCUT2D eigenvalue weighted by Gasteiger charge is 2.33. The summed E-state index contributed by atoms with van der Waals surface area (Å²) in [5.74, 6) is 3.70. The Morgan fingerprint density at radius 2 is 1.40 bits per heavy atom. The molecule has 2 aliphatic carbocycles. The van der Waals surface area contributed by atoms with Crippen molar-refractivity contribution in [3.8, 4) is 0 Å². The second-order valence-corrected chi connectivity index (χ2v) is 8.53. The van der Waals surface area contributed by atoms with Gasteiger partial charge in [-0.25, -0.2) is 0 Å². The van der Waals surface area contributed by atoms with Crippen LogP contribution in [0.1, 0.15) is 84.0 Å². The first-order valence-electron chi connectivity index (χ1n) is 8.99. The Morgan fingerprint density at radius 1 is 0.850 bits per heavy atom. The summed E-state index contributed by atoms with van der Waals surface area (Å²) >= 11 is 2.07. The van der Waals surface area contributed by atoms with Crippen LogP contribution >= 0.6 is 11.8 Å². The molecule has 0 spiro atoms. The van der Waals surface area contributed by atoms with Gasteiger partial charge in [-0.1, -0.05) is 57.6 Å². The fraction of sp³-hybridized carbons (Fsp3) is 0.895. The zero-order valence-corrected chi connectivity index (χ0v) is 14.4. The predicted octanol–water partition coefficient (Wildman–Crippen LogP) is 6.61. The van der Waals surface area contributed by atoms with Gasteiger partial charge in [-0.05, 0) is 61.4 Å². The molecule has 1 heteroatoms. The van der Waals surface area contributed by atoms with Gasteiger partial charge in [0.25, 0.3) is 0 Å². The maximum absolute atomic E-state index is 4.47. The molecule has 3 rings (SSSR count). The molecular formula is C19H34S. The lowest BCUT2D eigenvalue weighted by atomic mass is 9.65.